The van der Waals surface area contributed by atoms with Crippen molar-refractivity contribution in [3.05, 3.63) is 70.5 Å². The second-order valence-electron chi connectivity index (χ2n) is 6.83. The largest absolute Gasteiger partial charge is 0.452 e. The van der Waals surface area contributed by atoms with Crippen LogP contribution >= 0.6 is 11.6 Å². The van der Waals surface area contributed by atoms with Gasteiger partial charge in [0.15, 0.2) is 16.4 Å². The minimum atomic E-state index is -3.47. The number of aryl methyl sites for hydroxylation is 1. The van der Waals surface area contributed by atoms with Crippen LogP contribution in [0.4, 0.5) is 5.69 Å². The molecule has 31 heavy (non-hydrogen) atoms. The zero-order valence-corrected chi connectivity index (χ0v) is 18.6. The zero-order valence-electron chi connectivity index (χ0n) is 17.0. The van der Waals surface area contributed by atoms with Crippen molar-refractivity contribution in [2.75, 3.05) is 18.2 Å². The summed E-state index contributed by atoms with van der Waals surface area (Å²) in [5.74, 6) is -1.35. The van der Waals surface area contributed by atoms with Crippen LogP contribution in [0.25, 0.3) is 5.69 Å². The number of sulfone groups is 1. The SMILES string of the molecule is Cc1nn(-c2ccccc2)c(C)c1C(=O)OCC(=O)Nc1cc(S(C)(=O)=O)ccc1Cl. The van der Waals surface area contributed by atoms with Crippen LogP contribution in [0, 0.1) is 13.8 Å². The molecule has 1 amide bonds. The summed E-state index contributed by atoms with van der Waals surface area (Å²) in [6.45, 7) is 2.84. The van der Waals surface area contributed by atoms with Gasteiger partial charge in [-0.1, -0.05) is 29.8 Å². The third kappa shape index (κ3) is 5.12. The molecule has 0 unspecified atom stereocenters. The smallest absolute Gasteiger partial charge is 0.342 e. The Hall–Kier alpha value is -3.17. The van der Waals surface area contributed by atoms with Crippen LogP contribution in [0.15, 0.2) is 53.4 Å². The fourth-order valence-electron chi connectivity index (χ4n) is 2.98. The number of rotatable bonds is 6. The first-order valence-electron chi connectivity index (χ1n) is 9.16. The van der Waals surface area contributed by atoms with E-state index >= 15 is 0 Å². The fourth-order valence-corrected chi connectivity index (χ4v) is 3.79. The van der Waals surface area contributed by atoms with Crippen molar-refractivity contribution in [1.29, 1.82) is 0 Å². The van der Waals surface area contributed by atoms with E-state index in [-0.39, 0.29) is 21.2 Å². The molecule has 0 bridgehead atoms. The van der Waals surface area contributed by atoms with Gasteiger partial charge in [-0.25, -0.2) is 17.9 Å². The lowest BCUT2D eigenvalue weighted by Crippen LogP contribution is -2.21. The first-order valence-corrected chi connectivity index (χ1v) is 11.4. The summed E-state index contributed by atoms with van der Waals surface area (Å²) in [7, 11) is -3.47. The van der Waals surface area contributed by atoms with E-state index in [1.165, 1.54) is 18.2 Å². The number of nitrogens with zero attached hydrogens (tertiary/aromatic N) is 2. The number of ether oxygens (including phenoxy) is 1. The molecule has 1 N–H and O–H groups in total. The number of benzene rings is 2. The van der Waals surface area contributed by atoms with Crippen LogP contribution in [0.5, 0.6) is 0 Å². The summed E-state index contributed by atoms with van der Waals surface area (Å²) in [4.78, 5) is 24.8. The molecular weight excluding hydrogens is 442 g/mol. The first kappa shape index (κ1) is 22.5. The molecule has 0 spiro atoms. The molecule has 0 aliphatic rings. The first-order chi connectivity index (χ1) is 14.6. The van der Waals surface area contributed by atoms with Gasteiger partial charge in [0.1, 0.15) is 5.56 Å². The number of carbonyl (C=O) groups is 2. The van der Waals surface area contributed by atoms with Crippen molar-refractivity contribution in [2.45, 2.75) is 18.7 Å². The molecule has 10 heteroatoms. The highest BCUT2D eigenvalue weighted by Crippen LogP contribution is 2.25. The van der Waals surface area contributed by atoms with Crippen molar-refractivity contribution in [3.63, 3.8) is 0 Å². The van der Waals surface area contributed by atoms with Crippen molar-refractivity contribution < 1.29 is 22.7 Å². The number of aromatic nitrogens is 2. The number of amides is 1. The lowest BCUT2D eigenvalue weighted by Gasteiger charge is -2.10. The summed E-state index contributed by atoms with van der Waals surface area (Å²) in [6, 6.07) is 13.3. The Morgan fingerprint density at radius 3 is 2.45 bits per heavy atom. The van der Waals surface area contributed by atoms with E-state index in [0.29, 0.717) is 11.4 Å². The van der Waals surface area contributed by atoms with Crippen molar-refractivity contribution in [2.24, 2.45) is 0 Å². The fraction of sp³-hybridized carbons (Fsp3) is 0.190. The summed E-state index contributed by atoms with van der Waals surface area (Å²) < 4.78 is 30.2. The Bertz CT molecular complexity index is 1250. The second kappa shape index (κ2) is 8.91. The number of hydrogen-bond acceptors (Lipinski definition) is 6. The molecular formula is C21H20ClN3O5S. The zero-order chi connectivity index (χ0) is 22.8. The van der Waals surface area contributed by atoms with Gasteiger partial charge in [0, 0.05) is 6.26 Å². The van der Waals surface area contributed by atoms with Crippen LogP contribution in [-0.2, 0) is 19.4 Å². The van der Waals surface area contributed by atoms with Gasteiger partial charge in [-0.15, -0.1) is 0 Å². The van der Waals surface area contributed by atoms with Crippen molar-refractivity contribution in [1.82, 2.24) is 9.78 Å². The number of nitrogens with one attached hydrogen (secondary N) is 1. The molecule has 0 fully saturated rings. The van der Waals surface area contributed by atoms with E-state index in [1.807, 2.05) is 30.3 Å². The molecule has 0 saturated carbocycles. The highest BCUT2D eigenvalue weighted by Gasteiger charge is 2.22. The molecule has 0 radical (unpaired) electrons. The van der Waals surface area contributed by atoms with E-state index < -0.39 is 28.3 Å². The average molecular weight is 462 g/mol. The normalized spacial score (nSPS) is 11.2. The van der Waals surface area contributed by atoms with Gasteiger partial charge in [0.05, 0.1) is 32.7 Å². The van der Waals surface area contributed by atoms with Crippen LogP contribution in [0.2, 0.25) is 5.02 Å². The quantitative estimate of drug-likeness (QED) is 0.564. The predicted octanol–water partition coefficient (Wildman–Crippen LogP) is 3.34. The number of esters is 1. The third-order valence-electron chi connectivity index (χ3n) is 4.47. The number of halogens is 1. The maximum absolute atomic E-state index is 12.6. The number of carbonyl (C=O) groups excluding carboxylic acids is 2. The topological polar surface area (TPSA) is 107 Å². The molecule has 2 aromatic carbocycles. The Labute approximate surface area is 184 Å². The highest BCUT2D eigenvalue weighted by molar-refractivity contribution is 7.90. The molecule has 3 rings (SSSR count). The number of hydrogen-bond donors (Lipinski definition) is 1. The molecule has 0 atom stereocenters. The Morgan fingerprint density at radius 1 is 1.13 bits per heavy atom. The second-order valence-corrected chi connectivity index (χ2v) is 9.25. The van der Waals surface area contributed by atoms with Crippen molar-refractivity contribution in [3.8, 4) is 5.69 Å². The van der Waals surface area contributed by atoms with E-state index in [9.17, 15) is 18.0 Å². The van der Waals surface area contributed by atoms with Gasteiger partial charge in [-0.05, 0) is 44.2 Å². The van der Waals surface area contributed by atoms with E-state index in [1.54, 1.807) is 18.5 Å². The maximum atomic E-state index is 12.6. The van der Waals surface area contributed by atoms with Gasteiger partial charge in [0.2, 0.25) is 0 Å². The molecule has 0 aliphatic heterocycles. The summed E-state index contributed by atoms with van der Waals surface area (Å²) in [5, 5.41) is 6.99. The van der Waals surface area contributed by atoms with Crippen LogP contribution in [0.1, 0.15) is 21.7 Å². The van der Waals surface area contributed by atoms with Gasteiger partial charge >= 0.3 is 5.97 Å². The molecule has 1 heterocycles. The van der Waals surface area contributed by atoms with Crippen LogP contribution < -0.4 is 5.32 Å². The standard InChI is InChI=1S/C21H20ClN3O5S/c1-13-20(14(2)25(24-13)15-7-5-4-6-8-15)21(27)30-12-19(26)23-18-11-16(31(3,28)29)9-10-17(18)22/h4-11H,12H2,1-3H3,(H,23,26). The number of anilines is 1. The van der Waals surface area contributed by atoms with Crippen LogP contribution in [-0.4, -0.2) is 42.9 Å². The van der Waals surface area contributed by atoms with Crippen molar-refractivity contribution >= 4 is 39.0 Å². The van der Waals surface area contributed by atoms with Crippen LogP contribution in [0.3, 0.4) is 0 Å². The predicted molar refractivity (Wildman–Crippen MR) is 117 cm³/mol. The molecule has 1 aromatic heterocycles. The summed E-state index contributed by atoms with van der Waals surface area (Å²) in [6.07, 6.45) is 1.05. The lowest BCUT2D eigenvalue weighted by molar-refractivity contribution is -0.119. The Morgan fingerprint density at radius 2 is 1.81 bits per heavy atom. The molecule has 8 nitrogen and oxygen atoms in total. The van der Waals surface area contributed by atoms with Gasteiger partial charge < -0.3 is 10.1 Å². The van der Waals surface area contributed by atoms with E-state index in [0.717, 1.165) is 11.9 Å². The minimum Gasteiger partial charge on any atom is -0.452 e. The molecule has 0 saturated heterocycles. The molecule has 0 aliphatic carbocycles. The highest BCUT2D eigenvalue weighted by atomic mass is 35.5. The average Bonchev–Trinajstić information content (AvgIpc) is 3.02. The lowest BCUT2D eigenvalue weighted by atomic mass is 10.2. The maximum Gasteiger partial charge on any atom is 0.342 e. The Kier molecular flexibility index (Phi) is 6.47. The third-order valence-corrected chi connectivity index (χ3v) is 5.91. The molecule has 3 aromatic rings. The molecule has 162 valence electrons. The van der Waals surface area contributed by atoms with E-state index in [4.69, 9.17) is 16.3 Å². The number of para-hydroxylation sites is 1. The summed E-state index contributed by atoms with van der Waals surface area (Å²) >= 11 is 6.02. The van der Waals surface area contributed by atoms with E-state index in [2.05, 4.69) is 10.4 Å². The minimum absolute atomic E-state index is 0.00349. The summed E-state index contributed by atoms with van der Waals surface area (Å²) in [5.41, 5.74) is 2.22. The van der Waals surface area contributed by atoms with Gasteiger partial charge in [0.25, 0.3) is 5.91 Å². The van der Waals surface area contributed by atoms with Gasteiger partial charge in [-0.2, -0.15) is 5.10 Å². The van der Waals surface area contributed by atoms with Gasteiger partial charge in [-0.3, -0.25) is 4.79 Å². The monoisotopic (exact) mass is 461 g/mol. The Balaban J connectivity index is 1.71.